The molecule has 1 saturated heterocycles. The average molecular weight is 442 g/mol. The smallest absolute Gasteiger partial charge is 0.232 e. The van der Waals surface area contributed by atoms with Crippen molar-refractivity contribution in [2.24, 2.45) is 0 Å². The van der Waals surface area contributed by atoms with Crippen molar-refractivity contribution in [2.45, 2.75) is 24.5 Å². The second-order valence-corrected chi connectivity index (χ2v) is 9.60. The van der Waals surface area contributed by atoms with Crippen LogP contribution >= 0.6 is 34.7 Å². The van der Waals surface area contributed by atoms with Crippen molar-refractivity contribution < 1.29 is 4.79 Å². The van der Waals surface area contributed by atoms with Crippen molar-refractivity contribution in [3.05, 3.63) is 63.6 Å². The molecule has 1 aromatic heterocycles. The van der Waals surface area contributed by atoms with E-state index in [1.165, 1.54) is 4.70 Å². The zero-order valence-electron chi connectivity index (χ0n) is 15.8. The summed E-state index contributed by atoms with van der Waals surface area (Å²) in [7, 11) is 0. The van der Waals surface area contributed by atoms with E-state index < -0.39 is 0 Å². The second kappa shape index (κ2) is 9.17. The van der Waals surface area contributed by atoms with Gasteiger partial charge in [-0.05, 0) is 48.7 Å². The number of piperidine rings is 1. The lowest BCUT2D eigenvalue weighted by Crippen LogP contribution is -2.38. The molecule has 2 aromatic carbocycles. The molecule has 148 valence electrons. The number of halogens is 1. The number of hydrogen-bond donors (Lipinski definition) is 0. The van der Waals surface area contributed by atoms with Crippen LogP contribution in [-0.4, -0.2) is 34.6 Å². The predicted molar refractivity (Wildman–Crippen MR) is 121 cm³/mol. The highest BCUT2D eigenvalue weighted by atomic mass is 35.5. The fourth-order valence-corrected chi connectivity index (χ4v) is 5.66. The van der Waals surface area contributed by atoms with Gasteiger partial charge in [0.05, 0.1) is 32.6 Å². The van der Waals surface area contributed by atoms with E-state index in [2.05, 4.69) is 6.07 Å². The van der Waals surface area contributed by atoms with Crippen molar-refractivity contribution in [3.63, 3.8) is 0 Å². The highest BCUT2D eigenvalue weighted by Gasteiger charge is 2.25. The summed E-state index contributed by atoms with van der Waals surface area (Å²) in [6, 6.07) is 15.5. The number of benzene rings is 2. The summed E-state index contributed by atoms with van der Waals surface area (Å²) in [4.78, 5) is 19.3. The number of fused-ring (bicyclic) bond motifs is 1. The molecule has 1 aliphatic heterocycles. The Labute approximate surface area is 183 Å². The predicted octanol–water partition coefficient (Wildman–Crippen LogP) is 5.46. The molecule has 0 N–H and O–H groups in total. The molecule has 3 aromatic rings. The lowest BCUT2D eigenvalue weighted by atomic mass is 9.97. The van der Waals surface area contributed by atoms with E-state index in [0.717, 1.165) is 47.8 Å². The normalized spacial score (nSPS) is 14.8. The molecule has 7 heteroatoms. The quantitative estimate of drug-likeness (QED) is 0.527. The van der Waals surface area contributed by atoms with Crippen LogP contribution in [0.15, 0.2) is 42.5 Å². The maximum Gasteiger partial charge on any atom is 0.232 e. The Balaban J connectivity index is 1.26. The van der Waals surface area contributed by atoms with E-state index in [1.807, 2.05) is 47.4 Å². The maximum absolute atomic E-state index is 12.5. The zero-order valence-corrected chi connectivity index (χ0v) is 18.2. The number of nitriles is 1. The van der Waals surface area contributed by atoms with Crippen molar-refractivity contribution in [3.8, 4) is 6.07 Å². The summed E-state index contributed by atoms with van der Waals surface area (Å²) in [6.45, 7) is 1.58. The van der Waals surface area contributed by atoms with Crippen LogP contribution in [0.2, 0.25) is 5.02 Å². The van der Waals surface area contributed by atoms with Gasteiger partial charge in [-0.2, -0.15) is 5.26 Å². The third-order valence-electron chi connectivity index (χ3n) is 5.14. The topological polar surface area (TPSA) is 57.0 Å². The van der Waals surface area contributed by atoms with Crippen LogP contribution in [-0.2, 0) is 10.5 Å². The molecule has 4 rings (SSSR count). The number of carbonyl (C=O) groups is 1. The van der Waals surface area contributed by atoms with E-state index in [1.54, 1.807) is 23.1 Å². The number of likely N-dealkylation sites (tertiary alicyclic amines) is 1. The van der Waals surface area contributed by atoms with Gasteiger partial charge >= 0.3 is 0 Å². The summed E-state index contributed by atoms with van der Waals surface area (Å²) in [5.41, 5.74) is 2.76. The molecule has 2 heterocycles. The fourth-order valence-electron chi connectivity index (χ4n) is 3.49. The van der Waals surface area contributed by atoms with Gasteiger partial charge in [0, 0.05) is 29.8 Å². The van der Waals surface area contributed by atoms with Crippen LogP contribution in [0.25, 0.3) is 10.2 Å². The number of nitrogens with zero attached hydrogens (tertiary/aromatic N) is 3. The van der Waals surface area contributed by atoms with Crippen molar-refractivity contribution >= 4 is 50.8 Å². The third-order valence-corrected chi connectivity index (χ3v) is 7.56. The Bertz CT molecular complexity index is 1050. The summed E-state index contributed by atoms with van der Waals surface area (Å²) >= 11 is 9.43. The van der Waals surface area contributed by atoms with Crippen LogP contribution < -0.4 is 0 Å². The molecule has 0 atom stereocenters. The molecule has 0 bridgehead atoms. The van der Waals surface area contributed by atoms with Gasteiger partial charge in [0.25, 0.3) is 0 Å². The highest BCUT2D eigenvalue weighted by molar-refractivity contribution is 7.99. The van der Waals surface area contributed by atoms with Crippen molar-refractivity contribution in [2.75, 3.05) is 18.8 Å². The van der Waals surface area contributed by atoms with E-state index in [0.29, 0.717) is 22.3 Å². The van der Waals surface area contributed by atoms with E-state index in [9.17, 15) is 4.79 Å². The molecule has 4 nitrogen and oxygen atoms in total. The van der Waals surface area contributed by atoms with Crippen LogP contribution in [0.3, 0.4) is 0 Å². The average Bonchev–Trinajstić information content (AvgIpc) is 3.17. The summed E-state index contributed by atoms with van der Waals surface area (Å²) in [5, 5.41) is 10.7. The number of thiazole rings is 1. The van der Waals surface area contributed by atoms with E-state index >= 15 is 0 Å². The van der Waals surface area contributed by atoms with Gasteiger partial charge in [0.1, 0.15) is 0 Å². The van der Waals surface area contributed by atoms with Gasteiger partial charge in [0.2, 0.25) is 5.91 Å². The van der Waals surface area contributed by atoms with Crippen LogP contribution in [0.4, 0.5) is 0 Å². The third kappa shape index (κ3) is 4.92. The highest BCUT2D eigenvalue weighted by Crippen LogP contribution is 2.34. The number of hydrogen-bond acceptors (Lipinski definition) is 5. The number of thioether (sulfide) groups is 1. The summed E-state index contributed by atoms with van der Waals surface area (Å²) in [6.07, 6.45) is 1.92. The minimum absolute atomic E-state index is 0.207. The first-order chi connectivity index (χ1) is 14.1. The molecule has 29 heavy (non-hydrogen) atoms. The Hall–Kier alpha value is -2.07. The van der Waals surface area contributed by atoms with Crippen molar-refractivity contribution in [1.29, 1.82) is 5.26 Å². The first kappa shape index (κ1) is 20.2. The van der Waals surface area contributed by atoms with Gasteiger partial charge < -0.3 is 4.90 Å². The fraction of sp³-hybridized carbons (Fsp3) is 0.318. The molecule has 1 fully saturated rings. The number of aromatic nitrogens is 1. The molecule has 0 spiro atoms. The molecule has 0 radical (unpaired) electrons. The zero-order chi connectivity index (χ0) is 20.2. The minimum Gasteiger partial charge on any atom is -0.342 e. The lowest BCUT2D eigenvalue weighted by Gasteiger charge is -2.31. The Morgan fingerprint density at radius 1 is 1.24 bits per heavy atom. The number of rotatable bonds is 5. The molecule has 1 aliphatic rings. The Kier molecular flexibility index (Phi) is 6.39. The van der Waals surface area contributed by atoms with Gasteiger partial charge in [0.15, 0.2) is 0 Å². The first-order valence-corrected chi connectivity index (χ1v) is 11.9. The summed E-state index contributed by atoms with van der Waals surface area (Å²) < 4.78 is 1.17. The van der Waals surface area contributed by atoms with Crippen LogP contribution in [0.5, 0.6) is 0 Å². The number of carbonyl (C=O) groups excluding carboxylic acids is 1. The van der Waals surface area contributed by atoms with Crippen molar-refractivity contribution in [1.82, 2.24) is 9.88 Å². The Morgan fingerprint density at radius 3 is 2.72 bits per heavy atom. The van der Waals surface area contributed by atoms with Gasteiger partial charge in [-0.15, -0.1) is 23.1 Å². The first-order valence-electron chi connectivity index (χ1n) is 9.53. The minimum atomic E-state index is 0.207. The second-order valence-electron chi connectivity index (χ2n) is 7.12. The SMILES string of the molecule is N#Cc1ccc(CSCC(=O)N2CCC(c3nc4cc(Cl)ccc4s3)CC2)cc1. The van der Waals surface area contributed by atoms with Crippen LogP contribution in [0.1, 0.15) is 34.9 Å². The van der Waals surface area contributed by atoms with Crippen LogP contribution in [0, 0.1) is 11.3 Å². The van der Waals surface area contributed by atoms with Gasteiger partial charge in [-0.3, -0.25) is 4.79 Å². The molecular formula is C22H20ClN3OS2. The van der Waals surface area contributed by atoms with Gasteiger partial charge in [-0.25, -0.2) is 4.98 Å². The largest absolute Gasteiger partial charge is 0.342 e. The monoisotopic (exact) mass is 441 g/mol. The van der Waals surface area contributed by atoms with E-state index in [-0.39, 0.29) is 5.91 Å². The molecule has 0 aliphatic carbocycles. The molecule has 1 amide bonds. The standard InChI is InChI=1S/C22H20ClN3OS2/c23-18-5-6-20-19(11-18)25-22(29-20)17-7-9-26(10-8-17)21(27)14-28-13-16-3-1-15(12-24)2-4-16/h1-6,11,17H,7-10,13-14H2. The molecule has 0 saturated carbocycles. The summed E-state index contributed by atoms with van der Waals surface area (Å²) in [5.74, 6) is 1.90. The molecular weight excluding hydrogens is 422 g/mol. The maximum atomic E-state index is 12.5. The van der Waals surface area contributed by atoms with E-state index in [4.69, 9.17) is 21.8 Å². The number of amides is 1. The van der Waals surface area contributed by atoms with Gasteiger partial charge in [-0.1, -0.05) is 23.7 Å². The Morgan fingerprint density at radius 2 is 2.00 bits per heavy atom. The molecule has 0 unspecified atom stereocenters. The lowest BCUT2D eigenvalue weighted by molar-refractivity contribution is -0.129.